The average molecular weight is 201 g/mol. The lowest BCUT2D eigenvalue weighted by molar-refractivity contribution is -0.138. The molecule has 0 unspecified atom stereocenters. The van der Waals surface area contributed by atoms with Gasteiger partial charge in [0.25, 0.3) is 0 Å². The molecule has 5 nitrogen and oxygen atoms in total. The van der Waals surface area contributed by atoms with E-state index in [9.17, 15) is 4.79 Å². The van der Waals surface area contributed by atoms with E-state index in [1.165, 1.54) is 0 Å². The van der Waals surface area contributed by atoms with Gasteiger partial charge in [-0.2, -0.15) is 0 Å². The number of carboxylic acids is 1. The van der Waals surface area contributed by atoms with E-state index in [0.717, 1.165) is 19.3 Å². The first-order valence-corrected chi connectivity index (χ1v) is 4.83. The fraction of sp³-hybridized carbons (Fsp3) is 0.778. The third-order valence-electron chi connectivity index (χ3n) is 1.94. The molecule has 0 amide bonds. The van der Waals surface area contributed by atoms with Crippen molar-refractivity contribution in [3.63, 3.8) is 0 Å². The smallest absolute Gasteiger partial charge is 0.320 e. The van der Waals surface area contributed by atoms with Crippen LogP contribution < -0.4 is 11.1 Å². The highest BCUT2D eigenvalue weighted by molar-refractivity contribution is 5.76. The molecule has 0 rings (SSSR count). The molecule has 0 aliphatic heterocycles. The molecule has 0 saturated heterocycles. The summed E-state index contributed by atoms with van der Waals surface area (Å²) in [5.74, 6) is -0.606. The lowest BCUT2D eigenvalue weighted by Gasteiger charge is -2.08. The maximum Gasteiger partial charge on any atom is 0.320 e. The Morgan fingerprint density at radius 3 is 2.64 bits per heavy atom. The largest absolute Gasteiger partial charge is 0.480 e. The quantitative estimate of drug-likeness (QED) is 0.262. The van der Waals surface area contributed by atoms with Crippen molar-refractivity contribution in [2.24, 2.45) is 5.73 Å². The van der Waals surface area contributed by atoms with Crippen molar-refractivity contribution in [1.82, 2.24) is 5.32 Å². The molecule has 5 N–H and O–H groups in total. The van der Waals surface area contributed by atoms with Crippen LogP contribution in [0.1, 0.15) is 32.6 Å². The van der Waals surface area contributed by atoms with Crippen molar-refractivity contribution < 1.29 is 9.90 Å². The minimum absolute atomic E-state index is 0.219. The molecule has 0 aliphatic carbocycles. The monoisotopic (exact) mass is 201 g/mol. The van der Waals surface area contributed by atoms with E-state index in [0.29, 0.717) is 13.0 Å². The zero-order valence-electron chi connectivity index (χ0n) is 8.55. The number of aliphatic carboxylic acids is 1. The van der Waals surface area contributed by atoms with Crippen LogP contribution in [0.2, 0.25) is 0 Å². The van der Waals surface area contributed by atoms with Crippen molar-refractivity contribution in [2.75, 3.05) is 6.54 Å². The lowest BCUT2D eigenvalue weighted by atomic mass is 10.2. The molecule has 0 aromatic rings. The first-order chi connectivity index (χ1) is 6.54. The summed E-state index contributed by atoms with van der Waals surface area (Å²) in [5.41, 5.74) is 5.19. The second-order valence-corrected chi connectivity index (χ2v) is 3.35. The molecule has 0 aliphatic rings. The van der Waals surface area contributed by atoms with E-state index < -0.39 is 12.0 Å². The zero-order chi connectivity index (χ0) is 11.0. The van der Waals surface area contributed by atoms with E-state index in [-0.39, 0.29) is 5.84 Å². The van der Waals surface area contributed by atoms with E-state index in [1.54, 1.807) is 6.92 Å². The number of rotatable bonds is 8. The van der Waals surface area contributed by atoms with Crippen LogP contribution in [0.15, 0.2) is 0 Å². The Labute approximate surface area is 84.2 Å². The maximum absolute atomic E-state index is 10.4. The van der Waals surface area contributed by atoms with Gasteiger partial charge in [-0.3, -0.25) is 10.2 Å². The molecular formula is C9H19N3O2. The second-order valence-electron chi connectivity index (χ2n) is 3.35. The van der Waals surface area contributed by atoms with Gasteiger partial charge in [-0.1, -0.05) is 6.42 Å². The molecule has 82 valence electrons. The van der Waals surface area contributed by atoms with Gasteiger partial charge in [-0.15, -0.1) is 0 Å². The molecule has 0 spiro atoms. The Hall–Kier alpha value is -1.10. The zero-order valence-corrected chi connectivity index (χ0v) is 8.55. The summed E-state index contributed by atoms with van der Waals surface area (Å²) in [7, 11) is 0. The number of amidine groups is 1. The third-order valence-corrected chi connectivity index (χ3v) is 1.94. The predicted octanol–water partition coefficient (Wildman–Crippen LogP) is 0.545. The molecule has 5 heteroatoms. The molecule has 0 radical (unpaired) electrons. The number of nitrogens with one attached hydrogen (secondary N) is 2. The number of unbranched alkanes of at least 4 members (excludes halogenated alkanes) is 2. The summed E-state index contributed by atoms with van der Waals surface area (Å²) in [6.07, 6.45) is 3.43. The minimum Gasteiger partial charge on any atom is -0.480 e. The average Bonchev–Trinajstić information content (AvgIpc) is 2.09. The molecule has 0 bridgehead atoms. The molecule has 0 saturated carbocycles. The van der Waals surface area contributed by atoms with Crippen molar-refractivity contribution in [3.05, 3.63) is 0 Å². The standard InChI is InChI=1S/C9H19N3O2/c1-7(9(13)14)12-6-4-2-3-5-8(10)11/h7,12H,2-6H2,1H3,(H3,10,11)(H,13,14)/t7-/m0/s1. The maximum atomic E-state index is 10.4. The van der Waals surface area contributed by atoms with Crippen LogP contribution in [-0.4, -0.2) is 29.5 Å². The van der Waals surface area contributed by atoms with Crippen LogP contribution in [0.4, 0.5) is 0 Å². The molecule has 0 aromatic carbocycles. The van der Waals surface area contributed by atoms with Gasteiger partial charge in [-0.05, 0) is 26.3 Å². The Bertz CT molecular complexity index is 194. The van der Waals surface area contributed by atoms with Crippen LogP contribution in [-0.2, 0) is 4.79 Å². The van der Waals surface area contributed by atoms with E-state index in [1.807, 2.05) is 0 Å². The Morgan fingerprint density at radius 2 is 2.14 bits per heavy atom. The van der Waals surface area contributed by atoms with Crippen molar-refractivity contribution in [1.29, 1.82) is 5.41 Å². The summed E-state index contributed by atoms with van der Waals surface area (Å²) >= 11 is 0. The summed E-state index contributed by atoms with van der Waals surface area (Å²) in [6.45, 7) is 2.32. The van der Waals surface area contributed by atoms with Crippen molar-refractivity contribution in [3.8, 4) is 0 Å². The first kappa shape index (κ1) is 12.9. The van der Waals surface area contributed by atoms with Gasteiger partial charge >= 0.3 is 5.97 Å². The highest BCUT2D eigenvalue weighted by atomic mass is 16.4. The molecule has 0 fully saturated rings. The Kier molecular flexibility index (Phi) is 6.74. The van der Waals surface area contributed by atoms with E-state index in [2.05, 4.69) is 5.32 Å². The molecule has 1 atom stereocenters. The van der Waals surface area contributed by atoms with Crippen molar-refractivity contribution >= 4 is 11.8 Å². The van der Waals surface area contributed by atoms with Gasteiger partial charge in [0.05, 0.1) is 5.84 Å². The van der Waals surface area contributed by atoms with Crippen LogP contribution >= 0.6 is 0 Å². The van der Waals surface area contributed by atoms with E-state index >= 15 is 0 Å². The van der Waals surface area contributed by atoms with Crippen LogP contribution in [0.3, 0.4) is 0 Å². The number of nitrogens with two attached hydrogens (primary N) is 1. The second kappa shape index (κ2) is 7.32. The summed E-state index contributed by atoms with van der Waals surface area (Å²) in [4.78, 5) is 10.4. The first-order valence-electron chi connectivity index (χ1n) is 4.83. The number of carboxylic acid groups (broad SMARTS) is 1. The fourth-order valence-corrected chi connectivity index (χ4v) is 1.02. The van der Waals surface area contributed by atoms with Gasteiger partial charge in [0.1, 0.15) is 6.04 Å². The Morgan fingerprint density at radius 1 is 1.50 bits per heavy atom. The highest BCUT2D eigenvalue weighted by Crippen LogP contribution is 1.98. The molecule has 0 heterocycles. The van der Waals surface area contributed by atoms with Crippen LogP contribution in [0.5, 0.6) is 0 Å². The summed E-state index contributed by atoms with van der Waals surface area (Å²) in [6, 6.07) is -0.484. The lowest BCUT2D eigenvalue weighted by Crippen LogP contribution is -2.34. The number of carbonyl (C=O) groups is 1. The fourth-order valence-electron chi connectivity index (χ4n) is 1.02. The van der Waals surface area contributed by atoms with Gasteiger partial charge in [0, 0.05) is 6.42 Å². The highest BCUT2D eigenvalue weighted by Gasteiger charge is 2.07. The SMILES string of the molecule is C[C@H](NCCCCCC(=N)N)C(=O)O. The molecule has 14 heavy (non-hydrogen) atoms. The van der Waals surface area contributed by atoms with Crippen LogP contribution in [0, 0.1) is 5.41 Å². The Balaban J connectivity index is 3.21. The number of hydrogen-bond donors (Lipinski definition) is 4. The van der Waals surface area contributed by atoms with Gasteiger partial charge in [0.15, 0.2) is 0 Å². The number of hydrogen-bond acceptors (Lipinski definition) is 3. The van der Waals surface area contributed by atoms with Gasteiger partial charge in [-0.25, -0.2) is 0 Å². The molecular weight excluding hydrogens is 182 g/mol. The van der Waals surface area contributed by atoms with E-state index in [4.69, 9.17) is 16.2 Å². The third kappa shape index (κ3) is 7.54. The van der Waals surface area contributed by atoms with Crippen LogP contribution in [0.25, 0.3) is 0 Å². The van der Waals surface area contributed by atoms with Crippen molar-refractivity contribution in [2.45, 2.75) is 38.6 Å². The van der Waals surface area contributed by atoms with Gasteiger partial charge in [0.2, 0.25) is 0 Å². The predicted molar refractivity (Wildman–Crippen MR) is 55.5 cm³/mol. The van der Waals surface area contributed by atoms with Gasteiger partial charge < -0.3 is 16.2 Å². The normalized spacial score (nSPS) is 12.4. The minimum atomic E-state index is -0.825. The topological polar surface area (TPSA) is 99.2 Å². The summed E-state index contributed by atoms with van der Waals surface area (Å²) < 4.78 is 0. The molecule has 0 aromatic heterocycles. The summed E-state index contributed by atoms with van der Waals surface area (Å²) in [5, 5.41) is 18.4.